The van der Waals surface area contributed by atoms with Crippen LogP contribution in [-0.4, -0.2) is 11.6 Å². The van der Waals surface area contributed by atoms with E-state index in [2.05, 4.69) is 43.3 Å². The van der Waals surface area contributed by atoms with Crippen molar-refractivity contribution in [1.29, 1.82) is 0 Å². The predicted molar refractivity (Wildman–Crippen MR) is 77.5 cm³/mol. The Morgan fingerprint density at radius 2 is 2.11 bits per heavy atom. The van der Waals surface area contributed by atoms with Crippen LogP contribution < -0.4 is 4.74 Å². The summed E-state index contributed by atoms with van der Waals surface area (Å²) < 4.78 is 5.73. The highest BCUT2D eigenvalue weighted by Gasteiger charge is 2.13. The predicted octanol–water partition coefficient (Wildman–Crippen LogP) is 4.64. The Bertz CT molecular complexity index is 518. The van der Waals surface area contributed by atoms with Gasteiger partial charge >= 0.3 is 0 Å². The van der Waals surface area contributed by atoms with Gasteiger partial charge in [-0.3, -0.25) is 0 Å². The first kappa shape index (κ1) is 13.1. The van der Waals surface area contributed by atoms with Crippen molar-refractivity contribution in [2.45, 2.75) is 33.6 Å². The SMILES string of the molecule is CCOc1cc(C)c(-c2cscn2)cc1C(C)C. The lowest BCUT2D eigenvalue weighted by molar-refractivity contribution is 0.335. The van der Waals surface area contributed by atoms with Crippen molar-refractivity contribution in [3.05, 3.63) is 34.2 Å². The summed E-state index contributed by atoms with van der Waals surface area (Å²) in [5, 5.41) is 2.09. The van der Waals surface area contributed by atoms with Crippen LogP contribution >= 0.6 is 11.3 Å². The first-order chi connectivity index (χ1) is 8.63. The molecule has 0 aliphatic carbocycles. The van der Waals surface area contributed by atoms with Crippen LogP contribution in [0.4, 0.5) is 0 Å². The van der Waals surface area contributed by atoms with E-state index in [1.54, 1.807) is 11.3 Å². The van der Waals surface area contributed by atoms with Gasteiger partial charge in [-0.1, -0.05) is 13.8 Å². The molecule has 0 atom stereocenters. The van der Waals surface area contributed by atoms with E-state index in [1.165, 1.54) is 16.7 Å². The van der Waals surface area contributed by atoms with Crippen LogP contribution in [0.5, 0.6) is 5.75 Å². The van der Waals surface area contributed by atoms with Crippen molar-refractivity contribution in [2.75, 3.05) is 6.61 Å². The largest absolute Gasteiger partial charge is 0.494 e. The van der Waals surface area contributed by atoms with Crippen LogP contribution in [-0.2, 0) is 0 Å². The molecule has 2 rings (SSSR count). The van der Waals surface area contributed by atoms with E-state index >= 15 is 0 Å². The summed E-state index contributed by atoms with van der Waals surface area (Å²) in [4.78, 5) is 4.40. The fourth-order valence-electron chi connectivity index (χ4n) is 2.05. The molecule has 2 aromatic rings. The highest BCUT2D eigenvalue weighted by atomic mass is 32.1. The molecule has 0 amide bonds. The van der Waals surface area contributed by atoms with Gasteiger partial charge in [0.1, 0.15) is 5.75 Å². The van der Waals surface area contributed by atoms with E-state index in [-0.39, 0.29) is 0 Å². The highest BCUT2D eigenvalue weighted by Crippen LogP contribution is 2.34. The number of rotatable bonds is 4. The molecule has 1 heterocycles. The minimum atomic E-state index is 0.449. The smallest absolute Gasteiger partial charge is 0.123 e. The summed E-state index contributed by atoms with van der Waals surface area (Å²) in [7, 11) is 0. The lowest BCUT2D eigenvalue weighted by Gasteiger charge is -2.16. The van der Waals surface area contributed by atoms with Crippen LogP contribution in [0.3, 0.4) is 0 Å². The number of thiazole rings is 1. The second-order valence-corrected chi connectivity index (χ2v) is 5.39. The van der Waals surface area contributed by atoms with Gasteiger partial charge in [0.05, 0.1) is 17.8 Å². The van der Waals surface area contributed by atoms with Crippen molar-refractivity contribution in [3.8, 4) is 17.0 Å². The first-order valence-corrected chi connectivity index (χ1v) is 7.23. The van der Waals surface area contributed by atoms with Crippen LogP contribution in [0.2, 0.25) is 0 Å². The molecule has 0 radical (unpaired) electrons. The molecule has 3 heteroatoms. The Morgan fingerprint density at radius 3 is 2.67 bits per heavy atom. The molecule has 0 saturated carbocycles. The molecule has 0 unspecified atom stereocenters. The van der Waals surface area contributed by atoms with Gasteiger partial charge in [0.2, 0.25) is 0 Å². The van der Waals surface area contributed by atoms with Gasteiger partial charge in [0.25, 0.3) is 0 Å². The van der Waals surface area contributed by atoms with Crippen molar-refractivity contribution < 1.29 is 4.74 Å². The molecule has 18 heavy (non-hydrogen) atoms. The second kappa shape index (κ2) is 5.53. The molecule has 2 nitrogen and oxygen atoms in total. The van der Waals surface area contributed by atoms with Crippen molar-refractivity contribution in [1.82, 2.24) is 4.98 Å². The summed E-state index contributed by atoms with van der Waals surface area (Å²) in [6.07, 6.45) is 0. The third-order valence-electron chi connectivity index (χ3n) is 2.99. The summed E-state index contributed by atoms with van der Waals surface area (Å²) in [5.41, 5.74) is 6.62. The van der Waals surface area contributed by atoms with E-state index in [1.807, 2.05) is 12.4 Å². The van der Waals surface area contributed by atoms with Crippen molar-refractivity contribution in [3.63, 3.8) is 0 Å². The number of aromatic nitrogens is 1. The van der Waals surface area contributed by atoms with E-state index in [0.29, 0.717) is 12.5 Å². The molecule has 0 fully saturated rings. The summed E-state index contributed by atoms with van der Waals surface area (Å²) >= 11 is 1.63. The van der Waals surface area contributed by atoms with Gasteiger partial charge < -0.3 is 4.74 Å². The maximum absolute atomic E-state index is 5.73. The van der Waals surface area contributed by atoms with Crippen LogP contribution in [0.25, 0.3) is 11.3 Å². The average Bonchev–Trinajstić information content (AvgIpc) is 2.82. The lowest BCUT2D eigenvalue weighted by atomic mass is 9.95. The summed E-state index contributed by atoms with van der Waals surface area (Å²) in [6, 6.07) is 4.35. The number of hydrogen-bond donors (Lipinski definition) is 0. The molecule has 1 aromatic heterocycles. The molecule has 1 aromatic carbocycles. The number of nitrogens with zero attached hydrogens (tertiary/aromatic N) is 1. The molecular weight excluding hydrogens is 242 g/mol. The third-order valence-corrected chi connectivity index (χ3v) is 3.57. The Labute approximate surface area is 113 Å². The second-order valence-electron chi connectivity index (χ2n) is 4.67. The van der Waals surface area contributed by atoms with Crippen LogP contribution in [0, 0.1) is 6.92 Å². The van der Waals surface area contributed by atoms with Crippen LogP contribution in [0.1, 0.15) is 37.8 Å². The van der Waals surface area contributed by atoms with Crippen LogP contribution in [0.15, 0.2) is 23.0 Å². The molecule has 0 saturated heterocycles. The average molecular weight is 261 g/mol. The maximum Gasteiger partial charge on any atom is 0.123 e. The quantitative estimate of drug-likeness (QED) is 0.799. The number of ether oxygens (including phenoxy) is 1. The zero-order valence-corrected chi connectivity index (χ0v) is 12.2. The zero-order chi connectivity index (χ0) is 13.1. The van der Waals surface area contributed by atoms with E-state index in [0.717, 1.165) is 11.4 Å². The fraction of sp³-hybridized carbons (Fsp3) is 0.400. The van der Waals surface area contributed by atoms with Crippen molar-refractivity contribution in [2.24, 2.45) is 0 Å². The maximum atomic E-state index is 5.73. The Morgan fingerprint density at radius 1 is 1.33 bits per heavy atom. The molecule has 0 bridgehead atoms. The Balaban J connectivity index is 2.53. The van der Waals surface area contributed by atoms with Gasteiger partial charge in [0.15, 0.2) is 0 Å². The van der Waals surface area contributed by atoms with E-state index < -0.39 is 0 Å². The molecule has 96 valence electrons. The van der Waals surface area contributed by atoms with Gasteiger partial charge in [-0.15, -0.1) is 11.3 Å². The molecular formula is C15H19NOS. The Hall–Kier alpha value is -1.35. The van der Waals surface area contributed by atoms with E-state index in [9.17, 15) is 0 Å². The number of hydrogen-bond acceptors (Lipinski definition) is 3. The minimum Gasteiger partial charge on any atom is -0.494 e. The monoisotopic (exact) mass is 261 g/mol. The number of aryl methyl sites for hydroxylation is 1. The summed E-state index contributed by atoms with van der Waals surface area (Å²) in [5.74, 6) is 1.45. The molecule has 0 aliphatic rings. The van der Waals surface area contributed by atoms with Gasteiger partial charge in [0, 0.05) is 10.9 Å². The first-order valence-electron chi connectivity index (χ1n) is 6.29. The van der Waals surface area contributed by atoms with Crippen molar-refractivity contribution >= 4 is 11.3 Å². The van der Waals surface area contributed by atoms with E-state index in [4.69, 9.17) is 4.74 Å². The zero-order valence-electron chi connectivity index (χ0n) is 11.4. The third kappa shape index (κ3) is 2.56. The Kier molecular flexibility index (Phi) is 4.02. The van der Waals surface area contributed by atoms with Gasteiger partial charge in [-0.25, -0.2) is 4.98 Å². The highest BCUT2D eigenvalue weighted by molar-refractivity contribution is 7.07. The fourth-order valence-corrected chi connectivity index (χ4v) is 2.60. The molecule has 0 aliphatic heterocycles. The summed E-state index contributed by atoms with van der Waals surface area (Å²) in [6.45, 7) is 9.22. The van der Waals surface area contributed by atoms with Gasteiger partial charge in [-0.2, -0.15) is 0 Å². The molecule has 0 spiro atoms. The number of benzene rings is 1. The topological polar surface area (TPSA) is 22.1 Å². The standard InChI is InChI=1S/C15H19NOS/c1-5-17-15-6-11(4)13(7-12(15)10(2)3)14-8-18-9-16-14/h6-10H,5H2,1-4H3. The normalized spacial score (nSPS) is 10.9. The minimum absolute atomic E-state index is 0.449. The lowest BCUT2D eigenvalue weighted by Crippen LogP contribution is -2.00. The molecule has 0 N–H and O–H groups in total. The van der Waals surface area contributed by atoms with Gasteiger partial charge in [-0.05, 0) is 43.0 Å².